The molecule has 1 unspecified atom stereocenters. The van der Waals surface area contributed by atoms with Crippen LogP contribution in [0.15, 0.2) is 33.6 Å². The summed E-state index contributed by atoms with van der Waals surface area (Å²) in [6.45, 7) is 0. The Morgan fingerprint density at radius 1 is 1.29 bits per heavy atom. The third kappa shape index (κ3) is 2.48. The van der Waals surface area contributed by atoms with E-state index in [2.05, 4.69) is 15.9 Å². The molecule has 0 spiro atoms. The summed E-state index contributed by atoms with van der Waals surface area (Å²) in [5.41, 5.74) is 1.19. The van der Waals surface area contributed by atoms with Gasteiger partial charge >= 0.3 is 0 Å². The van der Waals surface area contributed by atoms with Gasteiger partial charge in [0.05, 0.1) is 16.8 Å². The number of benzene rings is 1. The molecule has 0 radical (unpaired) electrons. The zero-order valence-electron chi connectivity index (χ0n) is 8.70. The number of hydrogen-bond acceptors (Lipinski definition) is 4. The van der Waals surface area contributed by atoms with Crippen LogP contribution in [0.5, 0.6) is 0 Å². The van der Waals surface area contributed by atoms with Gasteiger partial charge in [-0.25, -0.2) is 0 Å². The largest absolute Gasteiger partial charge is 0.302 e. The molecule has 1 fully saturated rings. The molecule has 1 saturated heterocycles. The first-order valence-corrected chi connectivity index (χ1v) is 6.45. The molecule has 0 bridgehead atoms. The number of hydrogen-bond donors (Lipinski definition) is 2. The molecule has 2 N–H and O–H groups in total. The summed E-state index contributed by atoms with van der Waals surface area (Å²) in [5.74, 6) is -0.693. The van der Waals surface area contributed by atoms with Crippen LogP contribution in [-0.4, -0.2) is 10.8 Å². The van der Waals surface area contributed by atoms with Crippen molar-refractivity contribution in [1.29, 1.82) is 16.1 Å². The molecule has 1 heterocycles. The van der Waals surface area contributed by atoms with Crippen molar-refractivity contribution in [1.82, 2.24) is 0 Å². The summed E-state index contributed by atoms with van der Waals surface area (Å²) >= 11 is 4.55. The summed E-state index contributed by atoms with van der Waals surface area (Å²) in [5, 5.41) is 24.5. The summed E-state index contributed by atoms with van der Waals surface area (Å²) in [6.07, 6.45) is 1.84. The van der Waals surface area contributed by atoms with Crippen LogP contribution in [0, 0.1) is 28.1 Å². The third-order valence-electron chi connectivity index (χ3n) is 2.33. The molecule has 0 saturated carbocycles. The average molecular weight is 306 g/mol. The first kappa shape index (κ1) is 12.1. The lowest BCUT2D eigenvalue weighted by molar-refractivity contribution is 1.20. The van der Waals surface area contributed by atoms with Gasteiger partial charge < -0.3 is 5.41 Å². The number of nitrogens with zero attached hydrogens (tertiary/aromatic N) is 1. The molecule has 1 atom stereocenters. The first-order valence-electron chi connectivity index (χ1n) is 4.84. The third-order valence-corrected chi connectivity index (χ3v) is 3.88. The van der Waals surface area contributed by atoms with Gasteiger partial charge in [0.25, 0.3) is 0 Å². The number of halogens is 1. The van der Waals surface area contributed by atoms with Crippen molar-refractivity contribution < 1.29 is 0 Å². The van der Waals surface area contributed by atoms with Gasteiger partial charge in [-0.1, -0.05) is 39.8 Å². The number of nitrogens with one attached hydrogen (secondary N) is 2. The Labute approximate surface area is 112 Å². The van der Waals surface area contributed by atoms with Crippen molar-refractivity contribution in [2.75, 3.05) is 0 Å². The van der Waals surface area contributed by atoms with E-state index >= 15 is 0 Å². The number of allylic oxidation sites excluding steroid dienone is 1. The molecule has 1 aliphatic heterocycles. The van der Waals surface area contributed by atoms with Gasteiger partial charge in [0.15, 0.2) is 0 Å². The summed E-state index contributed by atoms with van der Waals surface area (Å²) in [6, 6.07) is 9.66. The van der Waals surface area contributed by atoms with Gasteiger partial charge in [-0.05, 0) is 23.8 Å². The van der Waals surface area contributed by atoms with E-state index in [0.717, 1.165) is 10.0 Å². The zero-order chi connectivity index (χ0) is 12.4. The minimum Gasteiger partial charge on any atom is -0.302 e. The molecule has 2 rings (SSSR count). The summed E-state index contributed by atoms with van der Waals surface area (Å²) in [7, 11) is 0. The zero-order valence-corrected chi connectivity index (χ0v) is 11.1. The van der Waals surface area contributed by atoms with Crippen LogP contribution >= 0.6 is 27.7 Å². The first-order chi connectivity index (χ1) is 8.11. The predicted octanol–water partition coefficient (Wildman–Crippen LogP) is 3.67. The van der Waals surface area contributed by atoms with Crippen LogP contribution in [0.4, 0.5) is 0 Å². The molecule has 3 nitrogen and oxygen atoms in total. The Morgan fingerprint density at radius 2 is 1.94 bits per heavy atom. The van der Waals surface area contributed by atoms with E-state index in [0.29, 0.717) is 4.91 Å². The Balaban J connectivity index is 2.31. The number of rotatable bonds is 1. The smallest absolute Gasteiger partial charge is 0.136 e. The number of nitriles is 1. The average Bonchev–Trinajstić information content (AvgIpc) is 2.57. The maximum atomic E-state index is 8.85. The van der Waals surface area contributed by atoms with Gasteiger partial charge in [0.1, 0.15) is 5.92 Å². The van der Waals surface area contributed by atoms with Crippen molar-refractivity contribution in [2.45, 2.75) is 0 Å². The highest BCUT2D eigenvalue weighted by Gasteiger charge is 2.31. The maximum Gasteiger partial charge on any atom is 0.136 e. The van der Waals surface area contributed by atoms with E-state index in [-0.39, 0.29) is 10.8 Å². The summed E-state index contributed by atoms with van der Waals surface area (Å²) in [4.78, 5) is 0.684. The monoisotopic (exact) mass is 305 g/mol. The molecule has 17 heavy (non-hydrogen) atoms. The Bertz CT molecular complexity index is 554. The van der Waals surface area contributed by atoms with Gasteiger partial charge in [-0.15, -0.1) is 0 Å². The molecule has 5 heteroatoms. The Morgan fingerprint density at radius 3 is 2.47 bits per heavy atom. The lowest BCUT2D eigenvalue weighted by atomic mass is 10.1. The second-order valence-electron chi connectivity index (χ2n) is 3.50. The highest BCUT2D eigenvalue weighted by Crippen LogP contribution is 2.35. The van der Waals surface area contributed by atoms with E-state index in [4.69, 9.17) is 16.1 Å². The van der Waals surface area contributed by atoms with E-state index in [9.17, 15) is 0 Å². The lowest BCUT2D eigenvalue weighted by Gasteiger charge is -1.98. The van der Waals surface area contributed by atoms with E-state index in [1.165, 1.54) is 11.8 Å². The van der Waals surface area contributed by atoms with Crippen molar-refractivity contribution >= 4 is 44.5 Å². The van der Waals surface area contributed by atoms with E-state index < -0.39 is 5.92 Å². The van der Waals surface area contributed by atoms with Crippen molar-refractivity contribution in [3.8, 4) is 6.07 Å². The van der Waals surface area contributed by atoms with Crippen LogP contribution in [0.3, 0.4) is 0 Å². The molecular weight excluding hydrogens is 298 g/mol. The van der Waals surface area contributed by atoms with E-state index in [1.807, 2.05) is 36.4 Å². The lowest BCUT2D eigenvalue weighted by Crippen LogP contribution is -2.09. The van der Waals surface area contributed by atoms with E-state index in [1.54, 1.807) is 0 Å². The van der Waals surface area contributed by atoms with Crippen LogP contribution in [0.25, 0.3) is 6.08 Å². The standard InChI is InChI=1S/C12H8BrN3S/c13-8-3-1-7(2-4-8)5-10-11(15)9(6-14)12(16)17-10/h1-5,9,15-16H/b10-5-,15-11?,16-12?. The Kier molecular flexibility index (Phi) is 3.46. The van der Waals surface area contributed by atoms with Crippen molar-refractivity contribution in [3.63, 3.8) is 0 Å². The molecular formula is C12H8BrN3S. The quantitative estimate of drug-likeness (QED) is 0.831. The predicted molar refractivity (Wildman–Crippen MR) is 74.3 cm³/mol. The second-order valence-corrected chi connectivity index (χ2v) is 5.50. The van der Waals surface area contributed by atoms with Crippen molar-refractivity contribution in [3.05, 3.63) is 39.2 Å². The maximum absolute atomic E-state index is 8.85. The van der Waals surface area contributed by atoms with Crippen molar-refractivity contribution in [2.24, 2.45) is 5.92 Å². The highest BCUT2D eigenvalue weighted by molar-refractivity contribution is 9.10. The fourth-order valence-electron chi connectivity index (χ4n) is 1.45. The van der Waals surface area contributed by atoms with Crippen LogP contribution in [0.1, 0.15) is 5.56 Å². The molecule has 84 valence electrons. The molecule has 1 aliphatic rings. The minimum absolute atomic E-state index is 0.227. The Hall–Kier alpha value is -1.38. The minimum atomic E-state index is -0.693. The van der Waals surface area contributed by atoms with Crippen LogP contribution in [-0.2, 0) is 0 Å². The van der Waals surface area contributed by atoms with Crippen LogP contribution in [0.2, 0.25) is 0 Å². The molecule has 0 amide bonds. The fourth-order valence-corrected chi connectivity index (χ4v) is 2.66. The van der Waals surface area contributed by atoms with Crippen LogP contribution < -0.4 is 0 Å². The highest BCUT2D eigenvalue weighted by atomic mass is 79.9. The van der Waals surface area contributed by atoms with Gasteiger partial charge in [-0.3, -0.25) is 5.41 Å². The van der Waals surface area contributed by atoms with Gasteiger partial charge in [0.2, 0.25) is 0 Å². The fraction of sp³-hybridized carbons (Fsp3) is 0.0833. The normalized spacial score (nSPS) is 21.9. The molecule has 0 aliphatic carbocycles. The molecule has 1 aromatic carbocycles. The SMILES string of the molecule is N#CC1C(=N)S/C(=C\c2ccc(Br)cc2)C1=N. The van der Waals surface area contributed by atoms with Gasteiger partial charge in [-0.2, -0.15) is 5.26 Å². The topological polar surface area (TPSA) is 71.5 Å². The number of thioether (sulfide) groups is 1. The second kappa shape index (κ2) is 4.86. The molecule has 1 aromatic rings. The summed E-state index contributed by atoms with van der Waals surface area (Å²) < 4.78 is 0.997. The molecule has 0 aromatic heterocycles. The van der Waals surface area contributed by atoms with Gasteiger partial charge in [0, 0.05) is 9.38 Å².